The lowest BCUT2D eigenvalue weighted by Crippen LogP contribution is -2.02. The Morgan fingerprint density at radius 1 is 1.82 bits per heavy atom. The zero-order valence-electron chi connectivity index (χ0n) is 7.09. The zero-order chi connectivity index (χ0) is 8.27. The molecule has 0 aromatic rings. The highest BCUT2D eigenvalue weighted by molar-refractivity contribution is 5.80. The number of Topliss-reactive ketones (excluding diaryl/α,β-unsaturated/α-hetero) is 1. The Balaban J connectivity index is 2.33. The summed E-state index contributed by atoms with van der Waals surface area (Å²) in [6, 6.07) is 0. The molecule has 0 spiro atoms. The van der Waals surface area contributed by atoms with Crippen LogP contribution in [-0.4, -0.2) is 11.9 Å². The maximum Gasteiger partial charge on any atom is 0.140 e. The van der Waals surface area contributed by atoms with Crippen molar-refractivity contribution in [1.82, 2.24) is 0 Å². The second kappa shape index (κ2) is 3.56. The summed E-state index contributed by atoms with van der Waals surface area (Å²) in [6.07, 6.45) is 4.33. The third-order valence-corrected chi connectivity index (χ3v) is 1.80. The number of rotatable bonds is 3. The normalized spacial score (nSPS) is 22.7. The molecular weight excluding hydrogens is 140 g/mol. The van der Waals surface area contributed by atoms with Crippen LogP contribution in [0.4, 0.5) is 0 Å². The molecule has 1 unspecified atom stereocenters. The summed E-state index contributed by atoms with van der Waals surface area (Å²) in [5, 5.41) is 0. The van der Waals surface area contributed by atoms with Crippen molar-refractivity contribution in [2.45, 2.75) is 39.2 Å². The molecule has 0 amide bonds. The molecule has 0 fully saturated rings. The summed E-state index contributed by atoms with van der Waals surface area (Å²) in [5.41, 5.74) is 0. The second-order valence-corrected chi connectivity index (χ2v) is 2.90. The van der Waals surface area contributed by atoms with Crippen LogP contribution in [0, 0.1) is 0 Å². The molecule has 1 aliphatic rings. The third kappa shape index (κ3) is 2.37. The average Bonchev–Trinajstić information content (AvgIpc) is 2.35. The minimum atomic E-state index is 0.255. The summed E-state index contributed by atoms with van der Waals surface area (Å²) < 4.78 is 5.37. The van der Waals surface area contributed by atoms with Gasteiger partial charge in [0.25, 0.3) is 0 Å². The van der Waals surface area contributed by atoms with Gasteiger partial charge >= 0.3 is 0 Å². The average molecular weight is 154 g/mol. The van der Waals surface area contributed by atoms with Crippen molar-refractivity contribution >= 4 is 5.78 Å². The first-order valence-electron chi connectivity index (χ1n) is 4.09. The Bertz CT molecular complexity index is 182. The molecule has 1 aliphatic heterocycles. The fraction of sp³-hybridized carbons (Fsp3) is 0.667. The van der Waals surface area contributed by atoms with E-state index in [1.165, 1.54) is 0 Å². The van der Waals surface area contributed by atoms with E-state index in [1.54, 1.807) is 0 Å². The van der Waals surface area contributed by atoms with Crippen molar-refractivity contribution in [1.29, 1.82) is 0 Å². The quantitative estimate of drug-likeness (QED) is 0.621. The van der Waals surface area contributed by atoms with Crippen molar-refractivity contribution in [3.05, 3.63) is 11.8 Å². The van der Waals surface area contributed by atoms with E-state index in [2.05, 4.69) is 0 Å². The Kier molecular flexibility index (Phi) is 2.69. The van der Waals surface area contributed by atoms with Crippen LogP contribution in [-0.2, 0) is 9.53 Å². The first-order chi connectivity index (χ1) is 5.22. The van der Waals surface area contributed by atoms with Gasteiger partial charge < -0.3 is 4.74 Å². The Hall–Kier alpha value is -0.790. The molecule has 1 atom stereocenters. The van der Waals surface area contributed by atoms with E-state index >= 15 is 0 Å². The van der Waals surface area contributed by atoms with Crippen molar-refractivity contribution < 1.29 is 9.53 Å². The van der Waals surface area contributed by atoms with E-state index in [9.17, 15) is 4.79 Å². The van der Waals surface area contributed by atoms with Gasteiger partial charge in [-0.25, -0.2) is 0 Å². The highest BCUT2D eigenvalue weighted by atomic mass is 16.5. The fourth-order valence-electron chi connectivity index (χ4n) is 1.09. The number of hydrogen-bond donors (Lipinski definition) is 0. The first-order valence-corrected chi connectivity index (χ1v) is 4.09. The third-order valence-electron chi connectivity index (χ3n) is 1.80. The predicted octanol–water partition coefficient (Wildman–Crippen LogP) is 2.05. The van der Waals surface area contributed by atoms with Crippen molar-refractivity contribution in [3.8, 4) is 0 Å². The number of ketones is 1. The highest BCUT2D eigenvalue weighted by Gasteiger charge is 2.14. The molecule has 2 nitrogen and oxygen atoms in total. The smallest absolute Gasteiger partial charge is 0.140 e. The Labute approximate surface area is 67.2 Å². The molecule has 0 radical (unpaired) electrons. The molecular formula is C9H14O2. The van der Waals surface area contributed by atoms with Crippen LogP contribution in [0.25, 0.3) is 0 Å². The van der Waals surface area contributed by atoms with Gasteiger partial charge in [-0.05, 0) is 13.0 Å². The van der Waals surface area contributed by atoms with Crippen LogP contribution in [0.3, 0.4) is 0 Å². The zero-order valence-corrected chi connectivity index (χ0v) is 7.09. The topological polar surface area (TPSA) is 26.3 Å². The maximum absolute atomic E-state index is 11.0. The highest BCUT2D eigenvalue weighted by Crippen LogP contribution is 2.19. The molecule has 62 valence electrons. The molecule has 0 aromatic carbocycles. The minimum Gasteiger partial charge on any atom is -0.495 e. The Morgan fingerprint density at radius 3 is 3.00 bits per heavy atom. The molecule has 2 heteroatoms. The fourth-order valence-corrected chi connectivity index (χ4v) is 1.09. The summed E-state index contributed by atoms with van der Waals surface area (Å²) in [4.78, 5) is 11.0. The van der Waals surface area contributed by atoms with Gasteiger partial charge in [-0.2, -0.15) is 0 Å². The maximum atomic E-state index is 11.0. The van der Waals surface area contributed by atoms with Gasteiger partial charge in [0.2, 0.25) is 0 Å². The first kappa shape index (κ1) is 8.31. The molecule has 11 heavy (non-hydrogen) atoms. The summed E-state index contributed by atoms with van der Waals surface area (Å²) in [5.74, 6) is 1.12. The largest absolute Gasteiger partial charge is 0.495 e. The van der Waals surface area contributed by atoms with Gasteiger partial charge in [-0.1, -0.05) is 6.92 Å². The van der Waals surface area contributed by atoms with Crippen molar-refractivity contribution in [2.24, 2.45) is 0 Å². The molecule has 0 saturated carbocycles. The van der Waals surface area contributed by atoms with E-state index in [0.717, 1.165) is 12.2 Å². The van der Waals surface area contributed by atoms with Crippen molar-refractivity contribution in [3.63, 3.8) is 0 Å². The Morgan fingerprint density at radius 2 is 2.55 bits per heavy atom. The molecule has 1 rings (SSSR count). The molecule has 0 N–H and O–H groups in total. The van der Waals surface area contributed by atoms with E-state index in [-0.39, 0.29) is 11.9 Å². The van der Waals surface area contributed by atoms with Gasteiger partial charge in [0.15, 0.2) is 0 Å². The number of hydrogen-bond acceptors (Lipinski definition) is 2. The van der Waals surface area contributed by atoms with E-state index in [4.69, 9.17) is 4.74 Å². The molecule has 0 bridgehead atoms. The van der Waals surface area contributed by atoms with E-state index in [1.807, 2.05) is 19.9 Å². The SMILES string of the molecule is CCC(=O)CC1=CCC(C)O1. The lowest BCUT2D eigenvalue weighted by Gasteiger charge is -2.06. The summed E-state index contributed by atoms with van der Waals surface area (Å²) >= 11 is 0. The van der Waals surface area contributed by atoms with Crippen LogP contribution < -0.4 is 0 Å². The van der Waals surface area contributed by atoms with Gasteiger partial charge in [0.05, 0.1) is 18.3 Å². The standard InChI is InChI=1S/C9H14O2/c1-3-8(10)6-9-5-4-7(2)11-9/h5,7H,3-4,6H2,1-2H3. The van der Waals surface area contributed by atoms with Gasteiger partial charge in [0, 0.05) is 12.8 Å². The van der Waals surface area contributed by atoms with Gasteiger partial charge in [-0.3, -0.25) is 4.79 Å². The summed E-state index contributed by atoms with van der Waals surface area (Å²) in [6.45, 7) is 3.89. The van der Waals surface area contributed by atoms with Crippen LogP contribution in [0.5, 0.6) is 0 Å². The molecule has 0 saturated heterocycles. The van der Waals surface area contributed by atoms with Crippen LogP contribution >= 0.6 is 0 Å². The van der Waals surface area contributed by atoms with Crippen LogP contribution in [0.1, 0.15) is 33.1 Å². The number of allylic oxidation sites excluding steroid dienone is 1. The minimum absolute atomic E-state index is 0.255. The summed E-state index contributed by atoms with van der Waals surface area (Å²) in [7, 11) is 0. The van der Waals surface area contributed by atoms with E-state index < -0.39 is 0 Å². The number of carbonyl (C=O) groups is 1. The monoisotopic (exact) mass is 154 g/mol. The molecule has 0 aromatic heterocycles. The lowest BCUT2D eigenvalue weighted by molar-refractivity contribution is -0.118. The van der Waals surface area contributed by atoms with Crippen molar-refractivity contribution in [2.75, 3.05) is 0 Å². The number of ether oxygens (including phenoxy) is 1. The van der Waals surface area contributed by atoms with Gasteiger partial charge in [0.1, 0.15) is 5.78 Å². The molecule has 0 aliphatic carbocycles. The van der Waals surface area contributed by atoms with E-state index in [0.29, 0.717) is 12.8 Å². The molecule has 1 heterocycles. The van der Waals surface area contributed by atoms with Crippen LogP contribution in [0.15, 0.2) is 11.8 Å². The van der Waals surface area contributed by atoms with Crippen LogP contribution in [0.2, 0.25) is 0 Å². The van der Waals surface area contributed by atoms with Gasteiger partial charge in [-0.15, -0.1) is 0 Å². The predicted molar refractivity (Wildman–Crippen MR) is 43.2 cm³/mol. The lowest BCUT2D eigenvalue weighted by atomic mass is 10.2. The number of carbonyl (C=O) groups excluding carboxylic acids is 1. The second-order valence-electron chi connectivity index (χ2n) is 2.90.